The van der Waals surface area contributed by atoms with E-state index in [1.54, 1.807) is 18.2 Å². The van der Waals surface area contributed by atoms with Crippen molar-refractivity contribution in [3.8, 4) is 5.75 Å². The molecule has 0 aliphatic heterocycles. The molecule has 8 nitrogen and oxygen atoms in total. The van der Waals surface area contributed by atoms with E-state index in [0.29, 0.717) is 23.2 Å². The van der Waals surface area contributed by atoms with Gasteiger partial charge in [-0.1, -0.05) is 74.4 Å². The van der Waals surface area contributed by atoms with Crippen LogP contribution in [0.15, 0.2) is 40.8 Å². The topological polar surface area (TPSA) is 105 Å². The second kappa shape index (κ2) is 15.9. The summed E-state index contributed by atoms with van der Waals surface area (Å²) in [6.07, 6.45) is 8.83. The normalized spacial score (nSPS) is 15.3. The van der Waals surface area contributed by atoms with Crippen LogP contribution in [-0.2, 0) is 26.5 Å². The van der Waals surface area contributed by atoms with E-state index >= 15 is 0 Å². The first-order valence-electron chi connectivity index (χ1n) is 14.2. The first kappa shape index (κ1) is 32.5. The van der Waals surface area contributed by atoms with Crippen molar-refractivity contribution in [2.45, 2.75) is 90.7 Å². The maximum absolute atomic E-state index is 13.9. The van der Waals surface area contributed by atoms with Crippen molar-refractivity contribution in [3.63, 3.8) is 0 Å². The number of hydrogen-bond acceptors (Lipinski definition) is 6. The summed E-state index contributed by atoms with van der Waals surface area (Å²) >= 11 is 5.77. The second-order valence-corrected chi connectivity index (χ2v) is 12.0. The molecule has 11 heteroatoms. The third-order valence-corrected chi connectivity index (χ3v) is 7.29. The highest BCUT2D eigenvalue weighted by molar-refractivity contribution is 7.62. The third kappa shape index (κ3) is 11.1. The van der Waals surface area contributed by atoms with Crippen LogP contribution in [0.1, 0.15) is 77.7 Å². The Kier molecular flexibility index (Phi) is 12.6. The van der Waals surface area contributed by atoms with Gasteiger partial charge in [-0.2, -0.15) is 8.42 Å². The highest BCUT2D eigenvalue weighted by Gasteiger charge is 2.25. The van der Waals surface area contributed by atoms with Crippen LogP contribution in [-0.4, -0.2) is 38.9 Å². The zero-order chi connectivity index (χ0) is 29.9. The summed E-state index contributed by atoms with van der Waals surface area (Å²) in [5.74, 6) is -1.28. The smallest absolute Gasteiger partial charge is 0.319 e. The average Bonchev–Trinajstić information content (AvgIpc) is 3.80. The van der Waals surface area contributed by atoms with Crippen molar-refractivity contribution < 1.29 is 27.1 Å². The van der Waals surface area contributed by atoms with Crippen LogP contribution in [0.3, 0.4) is 0 Å². The molecule has 1 atom stereocenters. The highest BCUT2D eigenvalue weighted by Crippen LogP contribution is 2.36. The number of benzene rings is 2. The fourth-order valence-corrected chi connectivity index (χ4v) is 5.01. The Hall–Kier alpha value is -2.98. The molecule has 0 heterocycles. The Morgan fingerprint density at radius 1 is 1.05 bits per heavy atom. The van der Waals surface area contributed by atoms with E-state index in [4.69, 9.17) is 16.3 Å². The van der Waals surface area contributed by atoms with Gasteiger partial charge in [0, 0.05) is 18.7 Å². The van der Waals surface area contributed by atoms with Gasteiger partial charge in [0.05, 0.1) is 22.8 Å². The van der Waals surface area contributed by atoms with Gasteiger partial charge in [-0.15, -0.1) is 0 Å². The second-order valence-electron chi connectivity index (χ2n) is 11.0. The molecule has 41 heavy (non-hydrogen) atoms. The number of halogens is 2. The van der Waals surface area contributed by atoms with Crippen molar-refractivity contribution >= 4 is 45.3 Å². The lowest BCUT2D eigenvalue weighted by Crippen LogP contribution is -2.40. The number of hydrogen-bond donors (Lipinski definition) is 1. The first-order valence-corrected chi connectivity index (χ1v) is 15.6. The number of ether oxygens (including phenoxy) is 1. The summed E-state index contributed by atoms with van der Waals surface area (Å²) in [5.41, 5.74) is 1.77. The molecule has 0 radical (unpaired) electrons. The van der Waals surface area contributed by atoms with Crippen molar-refractivity contribution in [2.24, 2.45) is 10.3 Å². The molecule has 2 aromatic carbocycles. The predicted octanol–water partition coefficient (Wildman–Crippen LogP) is 6.98. The number of carbonyl (C=O) groups is 2. The molecule has 1 unspecified atom stereocenters. The summed E-state index contributed by atoms with van der Waals surface area (Å²) in [4.78, 5) is 27.3. The van der Waals surface area contributed by atoms with Gasteiger partial charge in [-0.05, 0) is 55.5 Å². The number of anilines is 2. The lowest BCUT2D eigenvalue weighted by Gasteiger charge is -2.38. The van der Waals surface area contributed by atoms with E-state index < -0.39 is 28.3 Å². The average molecular weight is 608 g/mol. The van der Waals surface area contributed by atoms with Crippen LogP contribution in [0.25, 0.3) is 0 Å². The van der Waals surface area contributed by atoms with Crippen LogP contribution in [0, 0.1) is 11.7 Å². The summed E-state index contributed by atoms with van der Waals surface area (Å²) in [7, 11) is -2.88. The lowest BCUT2D eigenvalue weighted by atomic mass is 9.93. The number of amides is 2. The zero-order valence-electron chi connectivity index (χ0n) is 23.9. The van der Waals surface area contributed by atoms with Crippen LogP contribution >= 0.6 is 11.6 Å². The van der Waals surface area contributed by atoms with E-state index in [2.05, 4.69) is 28.4 Å². The minimum absolute atomic E-state index is 0.0192. The molecule has 2 aromatic rings. The minimum atomic E-state index is -2.88. The molecule has 2 saturated carbocycles. The summed E-state index contributed by atoms with van der Waals surface area (Å²) in [6, 6.07) is 9.68. The van der Waals surface area contributed by atoms with Gasteiger partial charge in [0.1, 0.15) is 11.6 Å². The van der Waals surface area contributed by atoms with Crippen molar-refractivity contribution in [1.82, 2.24) is 0 Å². The van der Waals surface area contributed by atoms with E-state index in [0.717, 1.165) is 37.9 Å². The Morgan fingerprint density at radius 3 is 2.29 bits per heavy atom. The molecule has 2 amide bonds. The largest absolute Gasteiger partial charge is 0.481 e. The van der Waals surface area contributed by atoms with Gasteiger partial charge < -0.3 is 15.0 Å². The number of nitrogens with one attached hydrogen (secondary N) is 1. The molecule has 2 aliphatic carbocycles. The maximum atomic E-state index is 13.9. The number of rotatable bonds is 10. The molecule has 0 spiro atoms. The predicted molar refractivity (Wildman–Crippen MR) is 160 cm³/mol. The standard InChI is InChI=1S/C27H33ClFN3O5S.C3H6/c1-17(2)16-32(20-7-5-4-6-8-20)25-12-10-21(37-18(3)27(34)31-38(35)36)15-24(25)30-26(33)14-19-9-11-22(28)23(29)13-19;1-2-3-1/h9-13,15,17-18,20H,4-8,14,16H2,1-3H3,(H,30,33);1-3H2. The maximum Gasteiger partial charge on any atom is 0.319 e. The van der Waals surface area contributed by atoms with Gasteiger partial charge in [0.15, 0.2) is 6.10 Å². The van der Waals surface area contributed by atoms with Crippen molar-refractivity contribution in [2.75, 3.05) is 16.8 Å². The van der Waals surface area contributed by atoms with Gasteiger partial charge in [-0.3, -0.25) is 9.59 Å². The third-order valence-electron chi connectivity index (χ3n) is 6.66. The zero-order valence-corrected chi connectivity index (χ0v) is 25.4. The number of nitrogens with zero attached hydrogens (tertiary/aromatic N) is 2. The molecule has 4 rings (SSSR count). The molecule has 1 N–H and O–H groups in total. The van der Waals surface area contributed by atoms with Gasteiger partial charge >= 0.3 is 16.4 Å². The molecular formula is C30H39ClFN3O5S. The lowest BCUT2D eigenvalue weighted by molar-refractivity contribution is -0.123. The Balaban J connectivity index is 0.00000144. The molecular weight excluding hydrogens is 569 g/mol. The molecule has 2 fully saturated rings. The fourth-order valence-electron chi connectivity index (χ4n) is 4.60. The van der Waals surface area contributed by atoms with Crippen molar-refractivity contribution in [3.05, 3.63) is 52.8 Å². The van der Waals surface area contributed by atoms with Crippen LogP contribution < -0.4 is 15.0 Å². The van der Waals surface area contributed by atoms with E-state index in [1.165, 1.54) is 44.7 Å². The first-order chi connectivity index (χ1) is 19.5. The monoisotopic (exact) mass is 607 g/mol. The van der Waals surface area contributed by atoms with E-state index in [9.17, 15) is 22.4 Å². The Labute approximate surface area is 248 Å². The molecule has 0 saturated heterocycles. The summed E-state index contributed by atoms with van der Waals surface area (Å²) in [5, 5.41) is 2.92. The van der Waals surface area contributed by atoms with Crippen LogP contribution in [0.5, 0.6) is 5.75 Å². The minimum Gasteiger partial charge on any atom is -0.481 e. The quantitative estimate of drug-likeness (QED) is 0.312. The number of carbonyl (C=O) groups excluding carboxylic acids is 2. The van der Waals surface area contributed by atoms with Crippen molar-refractivity contribution in [1.29, 1.82) is 0 Å². The molecule has 2 aliphatic rings. The molecule has 224 valence electrons. The molecule has 0 aromatic heterocycles. The van der Waals surface area contributed by atoms with E-state index in [-0.39, 0.29) is 23.1 Å². The Morgan fingerprint density at radius 2 is 1.71 bits per heavy atom. The molecule has 0 bridgehead atoms. The fraction of sp³-hybridized carbons (Fsp3) is 0.533. The Bertz CT molecular complexity index is 1330. The van der Waals surface area contributed by atoms with Gasteiger partial charge in [0.25, 0.3) is 0 Å². The van der Waals surface area contributed by atoms with E-state index in [1.807, 2.05) is 6.07 Å². The highest BCUT2D eigenvalue weighted by atomic mass is 35.5. The van der Waals surface area contributed by atoms with Crippen LogP contribution in [0.2, 0.25) is 5.02 Å². The SMILES string of the molecule is C1CC1.CC(C)CN(c1ccc(OC(C)C(=O)N=S(=O)=O)cc1NC(=O)Cc1ccc(Cl)c(F)c1)C1CCCCC1. The summed E-state index contributed by atoms with van der Waals surface area (Å²) in [6.45, 7) is 6.45. The van der Waals surface area contributed by atoms with Gasteiger partial charge in [-0.25, -0.2) is 4.39 Å². The van der Waals surface area contributed by atoms with Crippen LogP contribution in [0.4, 0.5) is 15.8 Å². The summed E-state index contributed by atoms with van der Waals surface area (Å²) < 4.78 is 44.1. The van der Waals surface area contributed by atoms with Gasteiger partial charge in [0.2, 0.25) is 5.91 Å².